The Bertz CT molecular complexity index is 986. The van der Waals surface area contributed by atoms with Crippen molar-refractivity contribution in [2.24, 2.45) is 0 Å². The molecule has 0 saturated carbocycles. The van der Waals surface area contributed by atoms with Gasteiger partial charge in [0.05, 0.1) is 5.52 Å². The highest BCUT2D eigenvalue weighted by atomic mass is 35.5. The number of nitrogens with one attached hydrogen (secondary N) is 1. The Morgan fingerprint density at radius 2 is 1.46 bits per heavy atom. The van der Waals surface area contributed by atoms with Gasteiger partial charge in [0.1, 0.15) is 5.82 Å². The van der Waals surface area contributed by atoms with Gasteiger partial charge in [-0.15, -0.1) is 0 Å². The van der Waals surface area contributed by atoms with Crippen LogP contribution in [-0.4, -0.2) is 9.97 Å². The summed E-state index contributed by atoms with van der Waals surface area (Å²) < 4.78 is 0. The second kappa shape index (κ2) is 6.30. The third-order valence-corrected chi connectivity index (χ3v) is 3.96. The first-order chi connectivity index (χ1) is 11.8. The number of aromatic nitrogens is 2. The van der Waals surface area contributed by atoms with Crippen molar-refractivity contribution in [3.05, 3.63) is 83.9 Å². The quantitative estimate of drug-likeness (QED) is 0.523. The molecule has 4 aromatic rings. The molecule has 24 heavy (non-hydrogen) atoms. The molecule has 0 aliphatic carbocycles. The number of fused-ring (bicyclic) bond motifs is 1. The average molecular weight is 332 g/mol. The maximum absolute atomic E-state index is 6.17. The molecule has 0 fully saturated rings. The summed E-state index contributed by atoms with van der Waals surface area (Å²) in [5.74, 6) is 1.43. The molecule has 0 atom stereocenters. The van der Waals surface area contributed by atoms with Gasteiger partial charge in [-0.3, -0.25) is 0 Å². The molecule has 0 spiro atoms. The monoisotopic (exact) mass is 331 g/mol. The van der Waals surface area contributed by atoms with Gasteiger partial charge in [-0.05, 0) is 30.3 Å². The van der Waals surface area contributed by atoms with Crippen LogP contribution in [0.25, 0.3) is 22.3 Å². The van der Waals surface area contributed by atoms with E-state index in [0.717, 1.165) is 28.0 Å². The molecule has 0 radical (unpaired) electrons. The van der Waals surface area contributed by atoms with Crippen molar-refractivity contribution < 1.29 is 0 Å². The minimum atomic E-state index is 0.662. The highest BCUT2D eigenvalue weighted by molar-refractivity contribution is 6.31. The Morgan fingerprint density at radius 3 is 2.21 bits per heavy atom. The maximum atomic E-state index is 6.17. The second-order valence-corrected chi connectivity index (χ2v) is 5.85. The zero-order valence-electron chi connectivity index (χ0n) is 12.8. The second-order valence-electron chi connectivity index (χ2n) is 5.41. The lowest BCUT2D eigenvalue weighted by atomic mass is 10.2. The summed E-state index contributed by atoms with van der Waals surface area (Å²) in [5.41, 5.74) is 2.80. The lowest BCUT2D eigenvalue weighted by Crippen LogP contribution is -1.99. The third kappa shape index (κ3) is 2.94. The van der Waals surface area contributed by atoms with Crippen molar-refractivity contribution in [1.82, 2.24) is 9.97 Å². The minimum absolute atomic E-state index is 0.662. The van der Waals surface area contributed by atoms with Crippen molar-refractivity contribution in [2.75, 3.05) is 5.32 Å². The third-order valence-electron chi connectivity index (χ3n) is 3.73. The van der Waals surface area contributed by atoms with Gasteiger partial charge in [0.15, 0.2) is 5.82 Å². The van der Waals surface area contributed by atoms with E-state index in [4.69, 9.17) is 16.6 Å². The average Bonchev–Trinajstić information content (AvgIpc) is 2.63. The van der Waals surface area contributed by atoms with Crippen LogP contribution in [0.5, 0.6) is 0 Å². The summed E-state index contributed by atoms with van der Waals surface area (Å²) in [5, 5.41) is 4.93. The van der Waals surface area contributed by atoms with Crippen LogP contribution >= 0.6 is 11.6 Å². The maximum Gasteiger partial charge on any atom is 0.162 e. The first-order valence-electron chi connectivity index (χ1n) is 7.64. The number of hydrogen-bond acceptors (Lipinski definition) is 3. The van der Waals surface area contributed by atoms with Crippen LogP contribution in [-0.2, 0) is 0 Å². The Balaban J connectivity index is 1.90. The van der Waals surface area contributed by atoms with Crippen LogP contribution in [0.1, 0.15) is 0 Å². The predicted octanol–water partition coefficient (Wildman–Crippen LogP) is 5.69. The standard InChI is InChI=1S/C20H14ClN3/c21-15-11-12-18-17(13-15)20(22-16-9-5-2-6-10-16)24-19(23-18)14-7-3-1-4-8-14/h1-13H,(H,22,23,24). The van der Waals surface area contributed by atoms with E-state index in [2.05, 4.69) is 10.3 Å². The van der Waals surface area contributed by atoms with Gasteiger partial charge in [-0.2, -0.15) is 0 Å². The first kappa shape index (κ1) is 14.7. The van der Waals surface area contributed by atoms with Gasteiger partial charge in [-0.25, -0.2) is 9.97 Å². The highest BCUT2D eigenvalue weighted by Crippen LogP contribution is 2.29. The van der Waals surface area contributed by atoms with Gasteiger partial charge in [-0.1, -0.05) is 60.1 Å². The molecular weight excluding hydrogens is 318 g/mol. The number of anilines is 2. The molecule has 3 aromatic carbocycles. The van der Waals surface area contributed by atoms with Crippen LogP contribution in [0.2, 0.25) is 5.02 Å². The number of hydrogen-bond donors (Lipinski definition) is 1. The van der Waals surface area contributed by atoms with Crippen molar-refractivity contribution in [2.45, 2.75) is 0 Å². The molecular formula is C20H14ClN3. The summed E-state index contributed by atoms with van der Waals surface area (Å²) >= 11 is 6.17. The summed E-state index contributed by atoms with van der Waals surface area (Å²) in [6.45, 7) is 0. The van der Waals surface area contributed by atoms with Crippen LogP contribution in [0.4, 0.5) is 11.5 Å². The van der Waals surface area contributed by atoms with Crippen molar-refractivity contribution in [1.29, 1.82) is 0 Å². The van der Waals surface area contributed by atoms with E-state index >= 15 is 0 Å². The number of nitrogens with zero attached hydrogens (tertiary/aromatic N) is 2. The fraction of sp³-hybridized carbons (Fsp3) is 0. The van der Waals surface area contributed by atoms with Gasteiger partial charge in [0.2, 0.25) is 0 Å². The van der Waals surface area contributed by atoms with Gasteiger partial charge in [0.25, 0.3) is 0 Å². The fourth-order valence-electron chi connectivity index (χ4n) is 2.57. The number of rotatable bonds is 3. The van der Waals surface area contributed by atoms with Gasteiger partial charge >= 0.3 is 0 Å². The molecule has 4 rings (SSSR count). The van der Waals surface area contributed by atoms with E-state index < -0.39 is 0 Å². The fourth-order valence-corrected chi connectivity index (χ4v) is 2.74. The molecule has 0 bridgehead atoms. The molecule has 0 unspecified atom stereocenters. The number of benzene rings is 3. The van der Waals surface area contributed by atoms with E-state index in [1.165, 1.54) is 0 Å². The normalized spacial score (nSPS) is 10.7. The van der Waals surface area contributed by atoms with Crippen LogP contribution < -0.4 is 5.32 Å². The SMILES string of the molecule is Clc1ccc2nc(-c3ccccc3)nc(Nc3ccccc3)c2c1. The van der Waals surface area contributed by atoms with Crippen molar-refractivity contribution in [3.63, 3.8) is 0 Å². The zero-order chi connectivity index (χ0) is 16.4. The molecule has 1 heterocycles. The first-order valence-corrected chi connectivity index (χ1v) is 8.02. The lowest BCUT2D eigenvalue weighted by molar-refractivity contribution is 1.22. The largest absolute Gasteiger partial charge is 0.340 e. The number of para-hydroxylation sites is 1. The molecule has 0 aliphatic rings. The summed E-state index contributed by atoms with van der Waals surface area (Å²) in [4.78, 5) is 9.41. The molecule has 3 nitrogen and oxygen atoms in total. The van der Waals surface area contributed by atoms with Crippen molar-refractivity contribution in [3.8, 4) is 11.4 Å². The molecule has 4 heteroatoms. The Kier molecular flexibility index (Phi) is 3.85. The van der Waals surface area contributed by atoms with E-state index in [1.54, 1.807) is 0 Å². The zero-order valence-corrected chi connectivity index (χ0v) is 13.5. The minimum Gasteiger partial charge on any atom is -0.340 e. The topological polar surface area (TPSA) is 37.8 Å². The van der Waals surface area contributed by atoms with E-state index in [0.29, 0.717) is 10.8 Å². The Labute approximate surface area is 145 Å². The Morgan fingerprint density at radius 1 is 0.750 bits per heavy atom. The molecule has 0 saturated heterocycles. The Hall–Kier alpha value is -2.91. The van der Waals surface area contributed by atoms with Crippen LogP contribution in [0, 0.1) is 0 Å². The molecule has 0 aliphatic heterocycles. The van der Waals surface area contributed by atoms with E-state index in [1.807, 2.05) is 78.9 Å². The molecule has 116 valence electrons. The van der Waals surface area contributed by atoms with E-state index in [9.17, 15) is 0 Å². The predicted molar refractivity (Wildman–Crippen MR) is 99.7 cm³/mol. The molecule has 0 amide bonds. The van der Waals surface area contributed by atoms with Crippen LogP contribution in [0.3, 0.4) is 0 Å². The molecule has 1 N–H and O–H groups in total. The summed E-state index contributed by atoms with van der Waals surface area (Å²) in [7, 11) is 0. The van der Waals surface area contributed by atoms with Gasteiger partial charge < -0.3 is 5.32 Å². The summed E-state index contributed by atoms with van der Waals surface area (Å²) in [6, 6.07) is 25.5. The highest BCUT2D eigenvalue weighted by Gasteiger charge is 2.10. The van der Waals surface area contributed by atoms with Crippen LogP contribution in [0.15, 0.2) is 78.9 Å². The lowest BCUT2D eigenvalue weighted by Gasteiger charge is -2.11. The smallest absolute Gasteiger partial charge is 0.162 e. The van der Waals surface area contributed by atoms with Crippen molar-refractivity contribution >= 4 is 34.0 Å². The van der Waals surface area contributed by atoms with Gasteiger partial charge in [0, 0.05) is 21.7 Å². The number of halogens is 1. The molecule has 1 aromatic heterocycles. The summed E-state index contributed by atoms with van der Waals surface area (Å²) in [6.07, 6.45) is 0. The van der Waals surface area contributed by atoms with E-state index in [-0.39, 0.29) is 0 Å².